The summed E-state index contributed by atoms with van der Waals surface area (Å²) in [6.45, 7) is 4.22. The predicted molar refractivity (Wildman–Crippen MR) is 72.7 cm³/mol. The minimum atomic E-state index is -4.53. The number of rotatable bonds is 6. The molecule has 0 aromatic heterocycles. The van der Waals surface area contributed by atoms with E-state index in [2.05, 4.69) is 10.7 Å². The van der Waals surface area contributed by atoms with Crippen LogP contribution in [0.15, 0.2) is 18.2 Å². The molecule has 1 rings (SSSR count). The average molecular weight is 305 g/mol. The molecule has 0 saturated carbocycles. The Morgan fingerprint density at radius 1 is 1.43 bits per heavy atom. The van der Waals surface area contributed by atoms with Crippen molar-refractivity contribution in [3.05, 3.63) is 29.3 Å². The number of ether oxygens (including phenoxy) is 1. The maximum Gasteiger partial charge on any atom is 0.416 e. The van der Waals surface area contributed by atoms with E-state index in [1.54, 1.807) is 6.92 Å². The molecule has 0 saturated heterocycles. The van der Waals surface area contributed by atoms with E-state index in [1.807, 2.05) is 6.92 Å². The summed E-state index contributed by atoms with van der Waals surface area (Å²) in [6, 6.07) is 2.73. The van der Waals surface area contributed by atoms with Crippen LogP contribution in [0.4, 0.5) is 18.9 Å². The Hall–Kier alpha value is -1.80. The highest BCUT2D eigenvalue weighted by molar-refractivity contribution is 5.99. The molecule has 0 fully saturated rings. The van der Waals surface area contributed by atoms with Gasteiger partial charge in [-0.1, -0.05) is 0 Å². The number of anilines is 1. The zero-order chi connectivity index (χ0) is 16.0. The first-order chi connectivity index (χ1) is 9.79. The van der Waals surface area contributed by atoms with Crippen molar-refractivity contribution < 1.29 is 22.7 Å². The van der Waals surface area contributed by atoms with Gasteiger partial charge in [-0.3, -0.25) is 10.6 Å². The second-order valence-corrected chi connectivity index (χ2v) is 4.38. The van der Waals surface area contributed by atoms with Crippen LogP contribution in [-0.2, 0) is 10.9 Å². The molecule has 21 heavy (non-hydrogen) atoms. The van der Waals surface area contributed by atoms with Gasteiger partial charge < -0.3 is 15.5 Å². The number of carbonyl (C=O) groups excluding carboxylic acids is 1. The Kier molecular flexibility index (Phi) is 5.98. The van der Waals surface area contributed by atoms with E-state index in [0.717, 1.165) is 18.2 Å². The Morgan fingerprint density at radius 3 is 2.62 bits per heavy atom. The lowest BCUT2D eigenvalue weighted by molar-refractivity contribution is -0.137. The van der Waals surface area contributed by atoms with Crippen molar-refractivity contribution in [3.8, 4) is 0 Å². The number of nitrogen functional groups attached to an aromatic ring is 1. The Labute approximate surface area is 120 Å². The van der Waals surface area contributed by atoms with E-state index in [0.29, 0.717) is 6.61 Å². The second-order valence-electron chi connectivity index (χ2n) is 4.38. The van der Waals surface area contributed by atoms with Crippen molar-refractivity contribution in [3.63, 3.8) is 0 Å². The first kappa shape index (κ1) is 17.3. The van der Waals surface area contributed by atoms with E-state index in [9.17, 15) is 18.0 Å². The number of hydrogen-bond acceptors (Lipinski definition) is 4. The summed E-state index contributed by atoms with van der Waals surface area (Å²) >= 11 is 0. The standard InChI is InChI=1S/C13H18F3N3O2/c1-3-21-8(2)7-18-12(20)10-6-9(13(14,15)16)4-5-11(10)19-17/h4-6,8,19H,3,7,17H2,1-2H3,(H,18,20). The summed E-state index contributed by atoms with van der Waals surface area (Å²) in [5.41, 5.74) is 1.24. The third-order valence-corrected chi connectivity index (χ3v) is 2.75. The molecule has 0 radical (unpaired) electrons. The van der Waals surface area contributed by atoms with Gasteiger partial charge in [0.2, 0.25) is 0 Å². The second kappa shape index (κ2) is 7.28. The van der Waals surface area contributed by atoms with E-state index in [-0.39, 0.29) is 23.9 Å². The fourth-order valence-electron chi connectivity index (χ4n) is 1.71. The largest absolute Gasteiger partial charge is 0.416 e. The molecule has 1 aromatic carbocycles. The van der Waals surface area contributed by atoms with E-state index in [1.165, 1.54) is 0 Å². The first-order valence-corrected chi connectivity index (χ1v) is 6.37. The van der Waals surface area contributed by atoms with Crippen molar-refractivity contribution in [1.29, 1.82) is 0 Å². The van der Waals surface area contributed by atoms with Gasteiger partial charge in [-0.2, -0.15) is 13.2 Å². The summed E-state index contributed by atoms with van der Waals surface area (Å²) in [5.74, 6) is 4.56. The molecular formula is C13H18F3N3O2. The highest BCUT2D eigenvalue weighted by Crippen LogP contribution is 2.31. The molecule has 1 unspecified atom stereocenters. The SMILES string of the molecule is CCOC(C)CNC(=O)c1cc(C(F)(F)F)ccc1NN. The topological polar surface area (TPSA) is 76.4 Å². The van der Waals surface area contributed by atoms with Crippen LogP contribution in [0, 0.1) is 0 Å². The summed E-state index contributed by atoms with van der Waals surface area (Å²) in [5, 5.41) is 2.51. The van der Waals surface area contributed by atoms with Crippen LogP contribution in [0.2, 0.25) is 0 Å². The summed E-state index contributed by atoms with van der Waals surface area (Å²) in [4.78, 5) is 12.0. The number of amides is 1. The number of benzene rings is 1. The van der Waals surface area contributed by atoms with Crippen LogP contribution in [0.1, 0.15) is 29.8 Å². The maximum atomic E-state index is 12.7. The molecule has 0 aliphatic rings. The quantitative estimate of drug-likeness (QED) is 0.556. The fraction of sp³-hybridized carbons (Fsp3) is 0.462. The van der Waals surface area contributed by atoms with Crippen LogP contribution in [-0.4, -0.2) is 25.2 Å². The molecule has 0 heterocycles. The van der Waals surface area contributed by atoms with Gasteiger partial charge in [0.1, 0.15) is 0 Å². The van der Waals surface area contributed by atoms with Gasteiger partial charge in [0.05, 0.1) is 22.9 Å². The van der Waals surface area contributed by atoms with E-state index >= 15 is 0 Å². The minimum Gasteiger partial charge on any atom is -0.377 e. The number of nitrogens with one attached hydrogen (secondary N) is 2. The van der Waals surface area contributed by atoms with E-state index < -0.39 is 17.6 Å². The Bertz CT molecular complexity index is 492. The monoisotopic (exact) mass is 305 g/mol. The third-order valence-electron chi connectivity index (χ3n) is 2.75. The van der Waals surface area contributed by atoms with Crippen LogP contribution >= 0.6 is 0 Å². The smallest absolute Gasteiger partial charge is 0.377 e. The lowest BCUT2D eigenvalue weighted by Crippen LogP contribution is -2.33. The molecule has 0 aliphatic carbocycles. The van der Waals surface area contributed by atoms with Gasteiger partial charge in [0.25, 0.3) is 5.91 Å². The van der Waals surface area contributed by atoms with E-state index in [4.69, 9.17) is 10.6 Å². The maximum absolute atomic E-state index is 12.7. The number of alkyl halides is 3. The summed E-state index contributed by atoms with van der Waals surface area (Å²) < 4.78 is 43.3. The van der Waals surface area contributed by atoms with Gasteiger partial charge in [-0.25, -0.2) is 0 Å². The molecule has 0 bridgehead atoms. The van der Waals surface area contributed by atoms with Crippen LogP contribution in [0.25, 0.3) is 0 Å². The molecule has 5 nitrogen and oxygen atoms in total. The number of halogens is 3. The summed E-state index contributed by atoms with van der Waals surface area (Å²) in [7, 11) is 0. The minimum absolute atomic E-state index is 0.115. The van der Waals surface area contributed by atoms with Crippen LogP contribution in [0.3, 0.4) is 0 Å². The van der Waals surface area contributed by atoms with Gasteiger partial charge in [-0.15, -0.1) is 0 Å². The Balaban J connectivity index is 2.91. The molecule has 1 amide bonds. The molecule has 118 valence electrons. The molecule has 8 heteroatoms. The van der Waals surface area contributed by atoms with Gasteiger partial charge in [0, 0.05) is 13.2 Å². The van der Waals surface area contributed by atoms with Gasteiger partial charge in [0.15, 0.2) is 0 Å². The molecule has 1 atom stereocenters. The highest BCUT2D eigenvalue weighted by atomic mass is 19.4. The molecule has 4 N–H and O–H groups in total. The zero-order valence-electron chi connectivity index (χ0n) is 11.8. The number of carbonyl (C=O) groups is 1. The van der Waals surface area contributed by atoms with Crippen molar-refractivity contribution >= 4 is 11.6 Å². The zero-order valence-corrected chi connectivity index (χ0v) is 11.8. The average Bonchev–Trinajstić information content (AvgIpc) is 2.43. The van der Waals surface area contributed by atoms with Crippen molar-refractivity contribution in [2.45, 2.75) is 26.1 Å². The van der Waals surface area contributed by atoms with Crippen LogP contribution < -0.4 is 16.6 Å². The number of hydrogen-bond donors (Lipinski definition) is 3. The number of hydrazine groups is 1. The van der Waals surface area contributed by atoms with Crippen molar-refractivity contribution in [2.75, 3.05) is 18.6 Å². The highest BCUT2D eigenvalue weighted by Gasteiger charge is 2.31. The van der Waals surface area contributed by atoms with Crippen molar-refractivity contribution in [1.82, 2.24) is 5.32 Å². The first-order valence-electron chi connectivity index (χ1n) is 6.37. The predicted octanol–water partition coefficient (Wildman–Crippen LogP) is 2.15. The normalized spacial score (nSPS) is 12.9. The number of nitrogens with two attached hydrogens (primary N) is 1. The summed E-state index contributed by atoms with van der Waals surface area (Å²) in [6.07, 6.45) is -4.76. The van der Waals surface area contributed by atoms with Gasteiger partial charge >= 0.3 is 6.18 Å². The molecule has 0 spiro atoms. The molecular weight excluding hydrogens is 287 g/mol. The van der Waals surface area contributed by atoms with Gasteiger partial charge in [-0.05, 0) is 32.0 Å². The molecule has 0 aliphatic heterocycles. The van der Waals surface area contributed by atoms with Crippen molar-refractivity contribution in [2.24, 2.45) is 5.84 Å². The fourth-order valence-corrected chi connectivity index (χ4v) is 1.71. The lowest BCUT2D eigenvalue weighted by Gasteiger charge is -2.15. The molecule has 1 aromatic rings. The Morgan fingerprint density at radius 2 is 2.10 bits per heavy atom. The lowest BCUT2D eigenvalue weighted by atomic mass is 10.1. The van der Waals surface area contributed by atoms with Crippen LogP contribution in [0.5, 0.6) is 0 Å². The third kappa shape index (κ3) is 4.91.